The summed E-state index contributed by atoms with van der Waals surface area (Å²) in [6, 6.07) is 0. The molecule has 0 heterocycles. The summed E-state index contributed by atoms with van der Waals surface area (Å²) in [5, 5.41) is 0. The molecule has 0 amide bonds. The lowest BCUT2D eigenvalue weighted by molar-refractivity contribution is 0.381. The largest absolute Gasteiger partial charge is 0.394 e. The van der Waals surface area contributed by atoms with Crippen LogP contribution >= 0.6 is 0 Å². The first-order valence-corrected chi connectivity index (χ1v) is 7.22. The van der Waals surface area contributed by atoms with E-state index in [9.17, 15) is 8.42 Å². The summed E-state index contributed by atoms with van der Waals surface area (Å²) < 4.78 is 60.4. The van der Waals surface area contributed by atoms with Crippen LogP contribution in [-0.2, 0) is 20.5 Å². The molecule has 10 heteroatoms. The molecule has 0 bridgehead atoms. The van der Waals surface area contributed by atoms with Crippen LogP contribution in [0.25, 0.3) is 0 Å². The third-order valence-corrected chi connectivity index (χ3v) is 2.06. The Morgan fingerprint density at radius 3 is 1.56 bits per heavy atom. The molecular formula is C6H17NO7S2. The fraction of sp³-hybridized carbons (Fsp3) is 1.00. The maximum absolute atomic E-state index is 10.2. The Balaban J connectivity index is 0. The highest BCUT2D eigenvalue weighted by atomic mass is 32.3. The first-order valence-electron chi connectivity index (χ1n) is 4.21. The number of hydrogen-bond acceptors (Lipinski definition) is 5. The van der Waals surface area contributed by atoms with Crippen molar-refractivity contribution in [2.75, 3.05) is 26.4 Å². The zero-order valence-corrected chi connectivity index (χ0v) is 10.7. The minimum absolute atomic E-state index is 0.124. The van der Waals surface area contributed by atoms with Crippen molar-refractivity contribution >= 4 is 20.5 Å². The van der Waals surface area contributed by atoms with Crippen LogP contribution in [0.2, 0.25) is 0 Å². The van der Waals surface area contributed by atoms with Crippen molar-refractivity contribution in [3.63, 3.8) is 0 Å². The molecule has 8 nitrogen and oxygen atoms in total. The highest BCUT2D eigenvalue weighted by molar-refractivity contribution is 7.85. The van der Waals surface area contributed by atoms with Crippen LogP contribution in [0.1, 0.15) is 12.8 Å². The number of rotatable bonds is 5. The van der Waals surface area contributed by atoms with Crippen LogP contribution in [0, 0.1) is 0 Å². The van der Waals surface area contributed by atoms with Gasteiger partial charge in [-0.1, -0.05) is 0 Å². The zero-order chi connectivity index (χ0) is 13.4. The van der Waals surface area contributed by atoms with E-state index in [0.717, 1.165) is 13.0 Å². The Bertz CT molecular complexity index is 350. The first-order chi connectivity index (χ1) is 6.92. The SMILES string of the molecule is CN(C)CCCCS(=O)(=O)O.O=S(=O)(O)O. The monoisotopic (exact) mass is 279 g/mol. The normalized spacial score (nSPS) is 12.1. The van der Waals surface area contributed by atoms with Crippen molar-refractivity contribution in [1.29, 1.82) is 0 Å². The van der Waals surface area contributed by atoms with Crippen molar-refractivity contribution < 1.29 is 30.5 Å². The lowest BCUT2D eigenvalue weighted by atomic mass is 10.3. The molecule has 0 atom stereocenters. The molecule has 0 rings (SSSR count). The molecule has 0 aliphatic rings. The lowest BCUT2D eigenvalue weighted by Gasteiger charge is -2.07. The molecule has 0 aromatic rings. The standard InChI is InChI=1S/C6H15NO3S.H2O4S/c1-7(2)5-3-4-6-11(8,9)10;1-5(2,3)4/h3-6H2,1-2H3,(H,8,9,10);(H2,1,2,3,4). The third-order valence-electron chi connectivity index (χ3n) is 1.26. The summed E-state index contributed by atoms with van der Waals surface area (Å²) in [6.45, 7) is 0.857. The van der Waals surface area contributed by atoms with Crippen molar-refractivity contribution in [3.05, 3.63) is 0 Å². The molecule has 16 heavy (non-hydrogen) atoms. The van der Waals surface area contributed by atoms with Crippen molar-refractivity contribution in [3.8, 4) is 0 Å². The van der Waals surface area contributed by atoms with Gasteiger partial charge in [-0.2, -0.15) is 16.8 Å². The van der Waals surface area contributed by atoms with Gasteiger partial charge in [-0.15, -0.1) is 0 Å². The second-order valence-electron chi connectivity index (χ2n) is 3.24. The zero-order valence-electron chi connectivity index (χ0n) is 9.07. The smallest absolute Gasteiger partial charge is 0.309 e. The summed E-state index contributed by atoms with van der Waals surface area (Å²) in [6.07, 6.45) is 1.32. The molecule has 0 radical (unpaired) electrons. The molecule has 0 aliphatic heterocycles. The fourth-order valence-electron chi connectivity index (χ4n) is 0.712. The van der Waals surface area contributed by atoms with Gasteiger partial charge in [0.15, 0.2) is 0 Å². The van der Waals surface area contributed by atoms with Crippen LogP contribution in [-0.4, -0.2) is 61.8 Å². The van der Waals surface area contributed by atoms with E-state index < -0.39 is 20.5 Å². The van der Waals surface area contributed by atoms with E-state index in [4.69, 9.17) is 22.1 Å². The average Bonchev–Trinajstić information content (AvgIpc) is 1.92. The minimum atomic E-state index is -4.67. The molecule has 0 aromatic carbocycles. The van der Waals surface area contributed by atoms with Gasteiger partial charge < -0.3 is 4.90 Å². The molecule has 100 valence electrons. The van der Waals surface area contributed by atoms with Gasteiger partial charge in [0.2, 0.25) is 0 Å². The van der Waals surface area contributed by atoms with Gasteiger partial charge in [-0.25, -0.2) is 0 Å². The highest BCUT2D eigenvalue weighted by Gasteiger charge is 2.02. The average molecular weight is 279 g/mol. The molecular weight excluding hydrogens is 262 g/mol. The predicted molar refractivity (Wildman–Crippen MR) is 58.4 cm³/mol. The first kappa shape index (κ1) is 18.1. The second kappa shape index (κ2) is 7.92. The molecule has 0 aliphatic carbocycles. The molecule has 0 unspecified atom stereocenters. The van der Waals surface area contributed by atoms with Crippen LogP contribution in [0.3, 0.4) is 0 Å². The van der Waals surface area contributed by atoms with Gasteiger partial charge in [0.05, 0.1) is 5.75 Å². The minimum Gasteiger partial charge on any atom is -0.309 e. The third kappa shape index (κ3) is 37.2. The highest BCUT2D eigenvalue weighted by Crippen LogP contribution is 1.94. The molecule has 3 N–H and O–H groups in total. The van der Waals surface area contributed by atoms with E-state index in [-0.39, 0.29) is 5.75 Å². The van der Waals surface area contributed by atoms with Gasteiger partial charge >= 0.3 is 10.4 Å². The number of nitrogens with zero attached hydrogens (tertiary/aromatic N) is 1. The Morgan fingerprint density at radius 1 is 0.938 bits per heavy atom. The Hall–Kier alpha value is -0.260. The van der Waals surface area contributed by atoms with Crippen LogP contribution in [0.4, 0.5) is 0 Å². The van der Waals surface area contributed by atoms with E-state index in [2.05, 4.69) is 0 Å². The number of hydrogen-bond donors (Lipinski definition) is 3. The number of unbranched alkanes of at least 4 members (excludes halogenated alkanes) is 1. The van der Waals surface area contributed by atoms with Crippen LogP contribution in [0.15, 0.2) is 0 Å². The summed E-state index contributed by atoms with van der Waals surface area (Å²) in [7, 11) is -4.56. The Morgan fingerprint density at radius 2 is 1.31 bits per heavy atom. The Kier molecular flexibility index (Phi) is 8.97. The van der Waals surface area contributed by atoms with Crippen molar-refractivity contribution in [2.24, 2.45) is 0 Å². The van der Waals surface area contributed by atoms with Crippen molar-refractivity contribution in [1.82, 2.24) is 4.90 Å². The molecule has 0 saturated heterocycles. The Labute approximate surface area is 95.6 Å². The van der Waals surface area contributed by atoms with Crippen molar-refractivity contribution in [2.45, 2.75) is 12.8 Å². The summed E-state index contributed by atoms with van der Waals surface area (Å²) in [5.74, 6) is -0.124. The fourth-order valence-corrected chi connectivity index (χ4v) is 1.28. The van der Waals surface area contributed by atoms with E-state index in [1.165, 1.54) is 0 Å². The predicted octanol–water partition coefficient (Wildman–Crippen LogP) is -0.437. The summed E-state index contributed by atoms with van der Waals surface area (Å²) >= 11 is 0. The lowest BCUT2D eigenvalue weighted by Crippen LogP contribution is -2.14. The van der Waals surface area contributed by atoms with Gasteiger partial charge in [-0.3, -0.25) is 13.7 Å². The van der Waals surface area contributed by atoms with Gasteiger partial charge in [-0.05, 0) is 33.5 Å². The van der Waals surface area contributed by atoms with E-state index in [0.29, 0.717) is 6.42 Å². The molecule has 0 spiro atoms. The van der Waals surface area contributed by atoms with Gasteiger partial charge in [0, 0.05) is 0 Å². The van der Waals surface area contributed by atoms with E-state index >= 15 is 0 Å². The van der Waals surface area contributed by atoms with Gasteiger partial charge in [0.25, 0.3) is 10.1 Å². The molecule has 0 aromatic heterocycles. The molecule has 0 fully saturated rings. The van der Waals surface area contributed by atoms with Crippen LogP contribution < -0.4 is 0 Å². The van der Waals surface area contributed by atoms with E-state index in [1.54, 1.807) is 0 Å². The van der Waals surface area contributed by atoms with Gasteiger partial charge in [0.1, 0.15) is 0 Å². The molecule has 0 saturated carbocycles. The maximum Gasteiger partial charge on any atom is 0.394 e. The van der Waals surface area contributed by atoms with Crippen LogP contribution in [0.5, 0.6) is 0 Å². The summed E-state index contributed by atoms with van der Waals surface area (Å²) in [5.41, 5.74) is 0. The topological polar surface area (TPSA) is 132 Å². The quantitative estimate of drug-likeness (QED) is 0.456. The van der Waals surface area contributed by atoms with E-state index in [1.807, 2.05) is 19.0 Å². The second-order valence-corrected chi connectivity index (χ2v) is 5.71. The summed E-state index contributed by atoms with van der Waals surface area (Å²) in [4.78, 5) is 1.98. The maximum atomic E-state index is 10.2.